The van der Waals surface area contributed by atoms with Crippen molar-refractivity contribution in [1.82, 2.24) is 10.2 Å². The van der Waals surface area contributed by atoms with E-state index in [1.807, 2.05) is 24.3 Å². The normalized spacial score (nSPS) is 16.1. The minimum atomic E-state index is -0.661. The van der Waals surface area contributed by atoms with Gasteiger partial charge in [0.15, 0.2) is 0 Å². The van der Waals surface area contributed by atoms with Crippen LogP contribution >= 0.6 is 11.6 Å². The standard InChI is InChI=1S/C20H20ClFN2O2/c1-2-18(25)24-10-9-13-5-3-4-6-16(13)19(24)20(26)23-12-14-7-8-15(22)11-17(14)21/h3-8,11,19H,2,9-10,12H2,1H3,(H,23,26)/t19-/m0/s1. The van der Waals surface area contributed by atoms with Crippen molar-refractivity contribution in [2.45, 2.75) is 32.4 Å². The molecule has 1 atom stereocenters. The second-order valence-electron chi connectivity index (χ2n) is 6.25. The molecule has 0 aliphatic carbocycles. The summed E-state index contributed by atoms with van der Waals surface area (Å²) in [5.41, 5.74) is 2.55. The molecule has 1 aliphatic rings. The summed E-state index contributed by atoms with van der Waals surface area (Å²) in [5, 5.41) is 3.10. The average Bonchev–Trinajstić information content (AvgIpc) is 2.65. The number of amides is 2. The van der Waals surface area contributed by atoms with Crippen LogP contribution in [-0.4, -0.2) is 23.3 Å². The molecule has 1 aliphatic heterocycles. The highest BCUT2D eigenvalue weighted by Gasteiger charge is 2.34. The molecule has 0 bridgehead atoms. The highest BCUT2D eigenvalue weighted by molar-refractivity contribution is 6.31. The minimum Gasteiger partial charge on any atom is -0.350 e. The molecule has 2 amide bonds. The van der Waals surface area contributed by atoms with E-state index in [9.17, 15) is 14.0 Å². The number of benzene rings is 2. The van der Waals surface area contributed by atoms with E-state index in [0.29, 0.717) is 18.5 Å². The largest absolute Gasteiger partial charge is 0.350 e. The lowest BCUT2D eigenvalue weighted by Crippen LogP contribution is -2.46. The average molecular weight is 375 g/mol. The molecule has 0 spiro atoms. The Kier molecular flexibility index (Phi) is 5.57. The van der Waals surface area contributed by atoms with E-state index in [4.69, 9.17) is 11.6 Å². The van der Waals surface area contributed by atoms with E-state index >= 15 is 0 Å². The summed E-state index contributed by atoms with van der Waals surface area (Å²) < 4.78 is 13.2. The van der Waals surface area contributed by atoms with Crippen molar-refractivity contribution < 1.29 is 14.0 Å². The summed E-state index contributed by atoms with van der Waals surface area (Å²) in [7, 11) is 0. The second-order valence-corrected chi connectivity index (χ2v) is 6.65. The van der Waals surface area contributed by atoms with Crippen LogP contribution in [0.15, 0.2) is 42.5 Å². The molecule has 0 unspecified atom stereocenters. The maximum atomic E-state index is 13.2. The zero-order valence-corrected chi connectivity index (χ0v) is 15.2. The van der Waals surface area contributed by atoms with E-state index in [0.717, 1.165) is 17.5 Å². The summed E-state index contributed by atoms with van der Waals surface area (Å²) in [4.78, 5) is 26.9. The van der Waals surface area contributed by atoms with Crippen LogP contribution < -0.4 is 5.32 Å². The molecule has 26 heavy (non-hydrogen) atoms. The van der Waals surface area contributed by atoms with Gasteiger partial charge in [0.2, 0.25) is 11.8 Å². The van der Waals surface area contributed by atoms with Gasteiger partial charge >= 0.3 is 0 Å². The van der Waals surface area contributed by atoms with Gasteiger partial charge in [0, 0.05) is 24.5 Å². The van der Waals surface area contributed by atoms with E-state index in [1.54, 1.807) is 17.9 Å². The van der Waals surface area contributed by atoms with Gasteiger partial charge in [0.1, 0.15) is 11.9 Å². The molecule has 0 saturated heterocycles. The molecule has 1 N–H and O–H groups in total. The maximum Gasteiger partial charge on any atom is 0.247 e. The Labute approximate surface area is 157 Å². The molecular weight excluding hydrogens is 355 g/mol. The molecule has 0 fully saturated rings. The van der Waals surface area contributed by atoms with Crippen LogP contribution in [0, 0.1) is 5.82 Å². The lowest BCUT2D eigenvalue weighted by atomic mass is 9.91. The molecule has 0 aromatic heterocycles. The molecule has 1 heterocycles. The van der Waals surface area contributed by atoms with Crippen molar-refractivity contribution in [2.75, 3.05) is 6.54 Å². The molecule has 2 aromatic carbocycles. The van der Waals surface area contributed by atoms with Crippen molar-refractivity contribution in [3.05, 3.63) is 70.0 Å². The fourth-order valence-electron chi connectivity index (χ4n) is 3.27. The number of fused-ring (bicyclic) bond motifs is 1. The number of carbonyl (C=O) groups is 2. The molecule has 2 aromatic rings. The third-order valence-electron chi connectivity index (χ3n) is 4.62. The van der Waals surface area contributed by atoms with Gasteiger partial charge in [-0.05, 0) is 35.2 Å². The van der Waals surface area contributed by atoms with Gasteiger partial charge in [-0.25, -0.2) is 4.39 Å². The van der Waals surface area contributed by atoms with Crippen LogP contribution in [0.25, 0.3) is 0 Å². The Morgan fingerprint density at radius 2 is 2.04 bits per heavy atom. The topological polar surface area (TPSA) is 49.4 Å². The zero-order chi connectivity index (χ0) is 18.7. The highest BCUT2D eigenvalue weighted by Crippen LogP contribution is 2.30. The molecule has 0 saturated carbocycles. The summed E-state index contributed by atoms with van der Waals surface area (Å²) in [6, 6.07) is 11.1. The van der Waals surface area contributed by atoms with Gasteiger partial charge in [0.05, 0.1) is 0 Å². The molecule has 6 heteroatoms. The number of nitrogens with one attached hydrogen (secondary N) is 1. The van der Waals surface area contributed by atoms with Gasteiger partial charge in [-0.15, -0.1) is 0 Å². The van der Waals surface area contributed by atoms with Crippen LogP contribution in [0.1, 0.15) is 36.1 Å². The van der Waals surface area contributed by atoms with Crippen LogP contribution in [0.4, 0.5) is 4.39 Å². The van der Waals surface area contributed by atoms with E-state index in [2.05, 4.69) is 5.32 Å². The summed E-state index contributed by atoms with van der Waals surface area (Å²) >= 11 is 6.03. The number of halogens is 2. The fourth-order valence-corrected chi connectivity index (χ4v) is 3.50. The third-order valence-corrected chi connectivity index (χ3v) is 4.97. The third kappa shape index (κ3) is 3.73. The van der Waals surface area contributed by atoms with Crippen LogP contribution in [-0.2, 0) is 22.6 Å². The molecule has 3 rings (SSSR count). The Balaban J connectivity index is 1.83. The first-order valence-electron chi connectivity index (χ1n) is 8.60. The van der Waals surface area contributed by atoms with Crippen LogP contribution in [0.3, 0.4) is 0 Å². The van der Waals surface area contributed by atoms with Crippen molar-refractivity contribution in [3.8, 4) is 0 Å². The number of nitrogens with zero attached hydrogens (tertiary/aromatic N) is 1. The Morgan fingerprint density at radius 1 is 1.27 bits per heavy atom. The first-order chi connectivity index (χ1) is 12.5. The van der Waals surface area contributed by atoms with E-state index < -0.39 is 11.9 Å². The van der Waals surface area contributed by atoms with E-state index in [-0.39, 0.29) is 23.4 Å². The first kappa shape index (κ1) is 18.4. The van der Waals surface area contributed by atoms with Crippen molar-refractivity contribution in [3.63, 3.8) is 0 Å². The predicted molar refractivity (Wildman–Crippen MR) is 98.1 cm³/mol. The molecular formula is C20H20ClFN2O2. The number of hydrogen-bond acceptors (Lipinski definition) is 2. The number of carbonyl (C=O) groups excluding carboxylic acids is 2. The first-order valence-corrected chi connectivity index (χ1v) is 8.98. The van der Waals surface area contributed by atoms with Crippen LogP contribution in [0.5, 0.6) is 0 Å². The zero-order valence-electron chi connectivity index (χ0n) is 14.5. The van der Waals surface area contributed by atoms with Crippen molar-refractivity contribution in [2.24, 2.45) is 0 Å². The monoisotopic (exact) mass is 374 g/mol. The second kappa shape index (κ2) is 7.87. The lowest BCUT2D eigenvalue weighted by Gasteiger charge is -2.36. The minimum absolute atomic E-state index is 0.0560. The van der Waals surface area contributed by atoms with Gasteiger partial charge in [0.25, 0.3) is 0 Å². The number of hydrogen-bond donors (Lipinski definition) is 1. The summed E-state index contributed by atoms with van der Waals surface area (Å²) in [6.45, 7) is 2.47. The highest BCUT2D eigenvalue weighted by atomic mass is 35.5. The fraction of sp³-hybridized carbons (Fsp3) is 0.300. The van der Waals surface area contributed by atoms with Gasteiger partial charge in [-0.3, -0.25) is 9.59 Å². The Morgan fingerprint density at radius 3 is 2.77 bits per heavy atom. The summed E-state index contributed by atoms with van der Waals surface area (Å²) in [6.07, 6.45) is 1.07. The Bertz CT molecular complexity index is 840. The van der Waals surface area contributed by atoms with Gasteiger partial charge in [-0.1, -0.05) is 48.9 Å². The smallest absolute Gasteiger partial charge is 0.247 e. The summed E-state index contributed by atoms with van der Waals surface area (Å²) in [5.74, 6) is -0.746. The van der Waals surface area contributed by atoms with E-state index in [1.165, 1.54) is 12.1 Å². The maximum absolute atomic E-state index is 13.2. The van der Waals surface area contributed by atoms with Gasteiger partial charge in [-0.2, -0.15) is 0 Å². The van der Waals surface area contributed by atoms with Gasteiger partial charge < -0.3 is 10.2 Å². The quantitative estimate of drug-likeness (QED) is 0.888. The van der Waals surface area contributed by atoms with Crippen molar-refractivity contribution >= 4 is 23.4 Å². The van der Waals surface area contributed by atoms with Crippen LogP contribution in [0.2, 0.25) is 5.02 Å². The SMILES string of the molecule is CCC(=O)N1CCc2ccccc2[C@H]1C(=O)NCc1ccc(F)cc1Cl. The van der Waals surface area contributed by atoms with Crippen molar-refractivity contribution in [1.29, 1.82) is 0 Å². The molecule has 0 radical (unpaired) electrons. The molecule has 4 nitrogen and oxygen atoms in total. The lowest BCUT2D eigenvalue weighted by molar-refractivity contribution is -0.141. The Hall–Kier alpha value is -2.40. The number of rotatable bonds is 4. The molecule has 136 valence electrons. The predicted octanol–water partition coefficient (Wildman–Crippen LogP) is 3.63.